The van der Waals surface area contributed by atoms with Gasteiger partial charge in [-0.25, -0.2) is 4.98 Å². The Kier molecular flexibility index (Phi) is 3.99. The van der Waals surface area contributed by atoms with Crippen molar-refractivity contribution in [3.05, 3.63) is 60.6 Å². The maximum atomic E-state index is 13.0. The van der Waals surface area contributed by atoms with Crippen LogP contribution in [-0.2, 0) is 6.54 Å². The molecule has 1 aliphatic heterocycles. The molecule has 0 spiro atoms. The second-order valence-corrected chi connectivity index (χ2v) is 6.27. The van der Waals surface area contributed by atoms with E-state index in [2.05, 4.69) is 10.1 Å². The number of para-hydroxylation sites is 1. The molecule has 3 aromatic rings. The van der Waals surface area contributed by atoms with Crippen LogP contribution >= 0.6 is 0 Å². The lowest BCUT2D eigenvalue weighted by molar-refractivity contribution is 0.0578. The fourth-order valence-electron chi connectivity index (χ4n) is 3.41. The maximum Gasteiger partial charge on any atom is 0.272 e. The van der Waals surface area contributed by atoms with Crippen LogP contribution in [-0.4, -0.2) is 38.2 Å². The zero-order valence-electron chi connectivity index (χ0n) is 13.5. The molecule has 0 bridgehead atoms. The Morgan fingerprint density at radius 2 is 2.04 bits per heavy atom. The highest BCUT2D eigenvalue weighted by molar-refractivity contribution is 5.95. The van der Waals surface area contributed by atoms with Crippen LogP contribution in [0.15, 0.2) is 54.9 Å². The van der Waals surface area contributed by atoms with Gasteiger partial charge in [0, 0.05) is 24.3 Å². The van der Waals surface area contributed by atoms with E-state index in [-0.39, 0.29) is 11.9 Å². The van der Waals surface area contributed by atoms with Gasteiger partial charge in [-0.2, -0.15) is 5.10 Å². The highest BCUT2D eigenvalue weighted by Gasteiger charge is 2.28. The molecule has 0 aliphatic carbocycles. The first kappa shape index (κ1) is 14.9. The standard InChI is InChI=1S/C19H20N4O/c24-19(18-10-9-15-6-1-2-8-17(15)21-18)23-13-4-3-7-16(23)14-22-12-5-11-20-22/h1-2,5-6,8-12,16H,3-4,7,13-14H2. The van der Waals surface area contributed by atoms with Gasteiger partial charge < -0.3 is 4.90 Å². The summed E-state index contributed by atoms with van der Waals surface area (Å²) < 4.78 is 1.91. The molecule has 1 fully saturated rings. The minimum absolute atomic E-state index is 0.0256. The first-order valence-electron chi connectivity index (χ1n) is 8.45. The number of rotatable bonds is 3. The summed E-state index contributed by atoms with van der Waals surface area (Å²) in [6.45, 7) is 1.53. The molecule has 5 heteroatoms. The number of piperidine rings is 1. The summed E-state index contributed by atoms with van der Waals surface area (Å²) in [5, 5.41) is 5.34. The SMILES string of the molecule is O=C(c1ccc2ccccc2n1)N1CCCCC1Cn1cccn1. The van der Waals surface area contributed by atoms with Crippen molar-refractivity contribution in [1.82, 2.24) is 19.7 Å². The normalized spacial score (nSPS) is 18.0. The zero-order valence-corrected chi connectivity index (χ0v) is 13.5. The number of carbonyl (C=O) groups excluding carboxylic acids is 1. The van der Waals surface area contributed by atoms with Crippen LogP contribution in [0.1, 0.15) is 29.8 Å². The van der Waals surface area contributed by atoms with E-state index in [1.165, 1.54) is 0 Å². The van der Waals surface area contributed by atoms with Crippen LogP contribution in [0.25, 0.3) is 10.9 Å². The van der Waals surface area contributed by atoms with Gasteiger partial charge in [0.2, 0.25) is 0 Å². The van der Waals surface area contributed by atoms with Crippen LogP contribution < -0.4 is 0 Å². The number of hydrogen-bond donors (Lipinski definition) is 0. The van der Waals surface area contributed by atoms with Crippen molar-refractivity contribution >= 4 is 16.8 Å². The first-order valence-corrected chi connectivity index (χ1v) is 8.45. The van der Waals surface area contributed by atoms with E-state index in [1.54, 1.807) is 6.20 Å². The highest BCUT2D eigenvalue weighted by atomic mass is 16.2. The third kappa shape index (κ3) is 2.89. The molecule has 1 atom stereocenters. The minimum Gasteiger partial charge on any atom is -0.332 e. The molecule has 122 valence electrons. The molecule has 1 amide bonds. The van der Waals surface area contributed by atoms with E-state index < -0.39 is 0 Å². The predicted octanol–water partition coefficient (Wildman–Crippen LogP) is 3.13. The maximum absolute atomic E-state index is 13.0. The van der Waals surface area contributed by atoms with Crippen molar-refractivity contribution in [2.75, 3.05) is 6.54 Å². The van der Waals surface area contributed by atoms with Gasteiger partial charge in [0.25, 0.3) is 5.91 Å². The van der Waals surface area contributed by atoms with Crippen molar-refractivity contribution in [2.24, 2.45) is 0 Å². The monoisotopic (exact) mass is 320 g/mol. The number of benzene rings is 1. The lowest BCUT2D eigenvalue weighted by Crippen LogP contribution is -2.46. The fraction of sp³-hybridized carbons (Fsp3) is 0.316. The summed E-state index contributed by atoms with van der Waals surface area (Å²) in [5.41, 5.74) is 1.39. The van der Waals surface area contributed by atoms with Gasteiger partial charge in [-0.05, 0) is 37.5 Å². The van der Waals surface area contributed by atoms with E-state index >= 15 is 0 Å². The summed E-state index contributed by atoms with van der Waals surface area (Å²) in [5.74, 6) is 0.0256. The predicted molar refractivity (Wildman–Crippen MR) is 92.6 cm³/mol. The van der Waals surface area contributed by atoms with Gasteiger partial charge in [-0.15, -0.1) is 0 Å². The largest absolute Gasteiger partial charge is 0.332 e. The molecule has 0 radical (unpaired) electrons. The molecule has 0 saturated carbocycles. The first-order chi connectivity index (χ1) is 11.8. The third-order valence-corrected chi connectivity index (χ3v) is 4.66. The topological polar surface area (TPSA) is 51.0 Å². The molecule has 1 aliphatic rings. The van der Waals surface area contributed by atoms with E-state index in [1.807, 2.05) is 58.2 Å². The minimum atomic E-state index is 0.0256. The van der Waals surface area contributed by atoms with Gasteiger partial charge in [0.15, 0.2) is 0 Å². The molecular weight excluding hydrogens is 300 g/mol. The Labute approximate surface area is 140 Å². The fourth-order valence-corrected chi connectivity index (χ4v) is 3.41. The Balaban J connectivity index is 1.60. The lowest BCUT2D eigenvalue weighted by atomic mass is 10.0. The zero-order chi connectivity index (χ0) is 16.4. The molecule has 24 heavy (non-hydrogen) atoms. The van der Waals surface area contributed by atoms with E-state index in [0.717, 1.165) is 43.3 Å². The van der Waals surface area contributed by atoms with Gasteiger partial charge in [0.05, 0.1) is 18.1 Å². The summed E-state index contributed by atoms with van der Waals surface area (Å²) in [6.07, 6.45) is 6.94. The van der Waals surface area contributed by atoms with Gasteiger partial charge in [-0.1, -0.05) is 24.3 Å². The molecule has 2 aromatic heterocycles. The van der Waals surface area contributed by atoms with Crippen molar-refractivity contribution in [2.45, 2.75) is 31.8 Å². The van der Waals surface area contributed by atoms with E-state index in [0.29, 0.717) is 5.69 Å². The van der Waals surface area contributed by atoms with Crippen molar-refractivity contribution in [3.63, 3.8) is 0 Å². The Hall–Kier alpha value is -2.69. The summed E-state index contributed by atoms with van der Waals surface area (Å²) >= 11 is 0. The lowest BCUT2D eigenvalue weighted by Gasteiger charge is -2.35. The second kappa shape index (κ2) is 6.43. The number of amides is 1. The molecule has 0 N–H and O–H groups in total. The quantitative estimate of drug-likeness (QED) is 0.745. The summed E-state index contributed by atoms with van der Waals surface area (Å²) in [6, 6.07) is 13.8. The van der Waals surface area contributed by atoms with Gasteiger partial charge in [0.1, 0.15) is 5.69 Å². The summed E-state index contributed by atoms with van der Waals surface area (Å²) in [7, 11) is 0. The number of carbonyl (C=O) groups is 1. The van der Waals surface area contributed by atoms with Crippen LogP contribution in [0.2, 0.25) is 0 Å². The highest BCUT2D eigenvalue weighted by Crippen LogP contribution is 2.21. The number of pyridine rings is 1. The number of hydrogen-bond acceptors (Lipinski definition) is 3. The molecule has 1 unspecified atom stereocenters. The molecule has 5 nitrogen and oxygen atoms in total. The number of fused-ring (bicyclic) bond motifs is 1. The van der Waals surface area contributed by atoms with Gasteiger partial charge >= 0.3 is 0 Å². The smallest absolute Gasteiger partial charge is 0.272 e. The third-order valence-electron chi connectivity index (χ3n) is 4.66. The van der Waals surface area contributed by atoms with Crippen molar-refractivity contribution in [3.8, 4) is 0 Å². The van der Waals surface area contributed by atoms with Gasteiger partial charge in [-0.3, -0.25) is 9.48 Å². The Morgan fingerprint density at radius 1 is 1.12 bits per heavy atom. The number of likely N-dealkylation sites (tertiary alicyclic amines) is 1. The van der Waals surface area contributed by atoms with Crippen molar-refractivity contribution < 1.29 is 4.79 Å². The van der Waals surface area contributed by atoms with Crippen LogP contribution in [0, 0.1) is 0 Å². The van der Waals surface area contributed by atoms with Crippen LogP contribution in [0.5, 0.6) is 0 Å². The second-order valence-electron chi connectivity index (χ2n) is 6.27. The molecule has 3 heterocycles. The Morgan fingerprint density at radius 3 is 2.92 bits per heavy atom. The number of nitrogens with zero attached hydrogens (tertiary/aromatic N) is 4. The molecule has 4 rings (SSSR count). The molecular formula is C19H20N4O. The Bertz CT molecular complexity index is 843. The summed E-state index contributed by atoms with van der Waals surface area (Å²) in [4.78, 5) is 19.6. The average Bonchev–Trinajstić information content (AvgIpc) is 3.14. The molecule has 1 saturated heterocycles. The average molecular weight is 320 g/mol. The van der Waals surface area contributed by atoms with Crippen LogP contribution in [0.4, 0.5) is 0 Å². The van der Waals surface area contributed by atoms with Crippen molar-refractivity contribution in [1.29, 1.82) is 0 Å². The molecule has 1 aromatic carbocycles. The van der Waals surface area contributed by atoms with E-state index in [4.69, 9.17) is 0 Å². The van der Waals surface area contributed by atoms with E-state index in [9.17, 15) is 4.79 Å². The number of aromatic nitrogens is 3. The van der Waals surface area contributed by atoms with Crippen LogP contribution in [0.3, 0.4) is 0 Å².